The Hall–Kier alpha value is -2.89. The van der Waals surface area contributed by atoms with Crippen LogP contribution in [0, 0.1) is 0 Å². The van der Waals surface area contributed by atoms with Crippen LogP contribution in [-0.2, 0) is 6.42 Å². The van der Waals surface area contributed by atoms with Gasteiger partial charge >= 0.3 is 0 Å². The molecule has 3 rings (SSSR count). The van der Waals surface area contributed by atoms with Crippen molar-refractivity contribution in [2.45, 2.75) is 6.42 Å². The summed E-state index contributed by atoms with van der Waals surface area (Å²) in [5.41, 5.74) is 2.13. The number of fused-ring (bicyclic) bond motifs is 1. The van der Waals surface area contributed by atoms with E-state index in [1.807, 2.05) is 24.3 Å². The molecule has 2 aromatic heterocycles. The van der Waals surface area contributed by atoms with Gasteiger partial charge in [0, 0.05) is 32.1 Å². The summed E-state index contributed by atoms with van der Waals surface area (Å²) in [6.07, 6.45) is 4.17. The molecule has 0 aliphatic rings. The Labute approximate surface area is 134 Å². The second kappa shape index (κ2) is 6.48. The first-order valence-electron chi connectivity index (χ1n) is 7.37. The number of rotatable bonds is 5. The Balaban J connectivity index is 1.70. The molecule has 0 radical (unpaired) electrons. The second-order valence-corrected chi connectivity index (χ2v) is 5.24. The number of para-hydroxylation sites is 1. The number of hydrogen-bond donors (Lipinski definition) is 0. The minimum atomic E-state index is -0.120. The van der Waals surface area contributed by atoms with E-state index >= 15 is 0 Å². The maximum atomic E-state index is 12.5. The minimum Gasteiger partial charge on any atom is -0.496 e. The fourth-order valence-corrected chi connectivity index (χ4v) is 2.43. The molecule has 0 fully saturated rings. The van der Waals surface area contributed by atoms with Crippen LogP contribution in [0.4, 0.5) is 0 Å². The summed E-state index contributed by atoms with van der Waals surface area (Å²) in [7, 11) is 3.42. The minimum absolute atomic E-state index is 0.120. The Kier molecular flexibility index (Phi) is 4.23. The number of benzene rings is 1. The van der Waals surface area contributed by atoms with Crippen molar-refractivity contribution in [3.05, 3.63) is 60.0 Å². The predicted octanol–water partition coefficient (Wildman–Crippen LogP) is 2.05. The molecule has 0 unspecified atom stereocenters. The Morgan fingerprint density at radius 1 is 1.30 bits per heavy atom. The van der Waals surface area contributed by atoms with Gasteiger partial charge in [-0.2, -0.15) is 5.10 Å². The van der Waals surface area contributed by atoms with E-state index in [1.165, 1.54) is 0 Å². The van der Waals surface area contributed by atoms with E-state index in [-0.39, 0.29) is 5.91 Å². The summed E-state index contributed by atoms with van der Waals surface area (Å²) in [6.45, 7) is 0.584. The highest BCUT2D eigenvalue weighted by Gasteiger charge is 2.16. The van der Waals surface area contributed by atoms with E-state index in [0.29, 0.717) is 17.9 Å². The van der Waals surface area contributed by atoms with Crippen molar-refractivity contribution in [2.24, 2.45) is 0 Å². The van der Waals surface area contributed by atoms with Crippen molar-refractivity contribution in [1.29, 1.82) is 0 Å². The van der Waals surface area contributed by atoms with E-state index in [2.05, 4.69) is 10.1 Å². The van der Waals surface area contributed by atoms with Gasteiger partial charge in [0.05, 0.1) is 7.11 Å². The molecule has 0 N–H and O–H groups in total. The largest absolute Gasteiger partial charge is 0.496 e. The molecule has 1 amide bonds. The van der Waals surface area contributed by atoms with E-state index in [0.717, 1.165) is 17.7 Å². The van der Waals surface area contributed by atoms with E-state index < -0.39 is 0 Å². The number of carbonyl (C=O) groups is 1. The lowest BCUT2D eigenvalue weighted by atomic mass is 10.1. The van der Waals surface area contributed by atoms with Crippen molar-refractivity contribution < 1.29 is 9.53 Å². The van der Waals surface area contributed by atoms with Crippen molar-refractivity contribution in [3.63, 3.8) is 0 Å². The number of methoxy groups -OCH3 is 1. The summed E-state index contributed by atoms with van der Waals surface area (Å²) >= 11 is 0. The molecule has 0 saturated heterocycles. The van der Waals surface area contributed by atoms with E-state index in [4.69, 9.17) is 4.74 Å². The van der Waals surface area contributed by atoms with Crippen LogP contribution in [0.3, 0.4) is 0 Å². The Morgan fingerprint density at radius 2 is 2.13 bits per heavy atom. The standard InChI is InChI=1S/C17H18N4O2/c1-20(11-8-13-6-3-4-7-15(13)23-2)17(22)14-12-16-18-9-5-10-21(16)19-14/h3-7,9-10,12H,8,11H2,1-2H3. The smallest absolute Gasteiger partial charge is 0.274 e. The van der Waals surface area contributed by atoms with Gasteiger partial charge in [0.15, 0.2) is 11.3 Å². The van der Waals surface area contributed by atoms with Gasteiger partial charge in [-0.05, 0) is 24.1 Å². The topological polar surface area (TPSA) is 59.7 Å². The molecule has 2 heterocycles. The van der Waals surface area contributed by atoms with Crippen LogP contribution in [0.5, 0.6) is 5.75 Å². The predicted molar refractivity (Wildman–Crippen MR) is 86.6 cm³/mol. The number of likely N-dealkylation sites (N-methyl/N-ethyl adjacent to an activating group) is 1. The Morgan fingerprint density at radius 3 is 2.91 bits per heavy atom. The van der Waals surface area contributed by atoms with Gasteiger partial charge in [-0.25, -0.2) is 9.50 Å². The fourth-order valence-electron chi connectivity index (χ4n) is 2.43. The van der Waals surface area contributed by atoms with Crippen LogP contribution in [-0.4, -0.2) is 46.1 Å². The summed E-state index contributed by atoms with van der Waals surface area (Å²) in [4.78, 5) is 18.3. The number of aromatic nitrogens is 3. The maximum absolute atomic E-state index is 12.5. The maximum Gasteiger partial charge on any atom is 0.274 e. The van der Waals surface area contributed by atoms with Gasteiger partial charge in [0.1, 0.15) is 5.75 Å². The zero-order chi connectivity index (χ0) is 16.2. The van der Waals surface area contributed by atoms with Gasteiger partial charge in [-0.3, -0.25) is 4.79 Å². The van der Waals surface area contributed by atoms with Gasteiger partial charge in [-0.15, -0.1) is 0 Å². The zero-order valence-electron chi connectivity index (χ0n) is 13.1. The molecule has 0 bridgehead atoms. The molecule has 118 valence electrons. The van der Waals surface area contributed by atoms with Gasteiger partial charge < -0.3 is 9.64 Å². The molecular weight excluding hydrogens is 292 g/mol. The summed E-state index contributed by atoms with van der Waals surface area (Å²) in [6, 6.07) is 11.3. The van der Waals surface area contributed by atoms with Crippen molar-refractivity contribution in [2.75, 3.05) is 20.7 Å². The number of carbonyl (C=O) groups excluding carboxylic acids is 1. The molecule has 6 nitrogen and oxygen atoms in total. The van der Waals surface area contributed by atoms with Crippen LogP contribution >= 0.6 is 0 Å². The van der Waals surface area contributed by atoms with E-state index in [1.54, 1.807) is 48.1 Å². The first-order valence-corrected chi connectivity index (χ1v) is 7.37. The van der Waals surface area contributed by atoms with Gasteiger partial charge in [-0.1, -0.05) is 18.2 Å². The van der Waals surface area contributed by atoms with Crippen LogP contribution in [0.2, 0.25) is 0 Å². The average Bonchev–Trinajstić information content (AvgIpc) is 3.03. The molecule has 0 aliphatic heterocycles. The third kappa shape index (κ3) is 3.15. The summed E-state index contributed by atoms with van der Waals surface area (Å²) in [5.74, 6) is 0.718. The number of nitrogens with zero attached hydrogens (tertiary/aromatic N) is 4. The highest BCUT2D eigenvalue weighted by molar-refractivity contribution is 5.93. The second-order valence-electron chi connectivity index (χ2n) is 5.24. The highest BCUT2D eigenvalue weighted by atomic mass is 16.5. The monoisotopic (exact) mass is 310 g/mol. The molecule has 23 heavy (non-hydrogen) atoms. The number of ether oxygens (including phenoxy) is 1. The number of amides is 1. The normalized spacial score (nSPS) is 10.7. The molecule has 0 atom stereocenters. The lowest BCUT2D eigenvalue weighted by Gasteiger charge is -2.16. The third-order valence-corrected chi connectivity index (χ3v) is 3.71. The fraction of sp³-hybridized carbons (Fsp3) is 0.235. The lowest BCUT2D eigenvalue weighted by Crippen LogP contribution is -2.29. The highest BCUT2D eigenvalue weighted by Crippen LogP contribution is 2.18. The van der Waals surface area contributed by atoms with Crippen molar-refractivity contribution in [1.82, 2.24) is 19.5 Å². The Bertz CT molecular complexity index is 795. The van der Waals surface area contributed by atoms with Crippen LogP contribution in [0.25, 0.3) is 5.65 Å². The summed E-state index contributed by atoms with van der Waals surface area (Å²) < 4.78 is 6.93. The molecule has 0 spiro atoms. The molecule has 0 saturated carbocycles. The zero-order valence-corrected chi connectivity index (χ0v) is 13.1. The SMILES string of the molecule is COc1ccccc1CCN(C)C(=O)c1cc2ncccn2n1. The molecule has 1 aromatic carbocycles. The van der Waals surface area contributed by atoms with Gasteiger partial charge in [0.25, 0.3) is 5.91 Å². The molecule has 3 aromatic rings. The molecular formula is C17H18N4O2. The summed E-state index contributed by atoms with van der Waals surface area (Å²) in [5, 5.41) is 4.26. The first-order chi connectivity index (χ1) is 11.2. The molecule has 6 heteroatoms. The van der Waals surface area contributed by atoms with Crippen LogP contribution < -0.4 is 4.74 Å². The van der Waals surface area contributed by atoms with Crippen molar-refractivity contribution >= 4 is 11.6 Å². The van der Waals surface area contributed by atoms with E-state index in [9.17, 15) is 4.79 Å². The number of hydrogen-bond acceptors (Lipinski definition) is 4. The molecule has 0 aliphatic carbocycles. The van der Waals surface area contributed by atoms with Crippen LogP contribution in [0.1, 0.15) is 16.1 Å². The average molecular weight is 310 g/mol. The van der Waals surface area contributed by atoms with Crippen molar-refractivity contribution in [3.8, 4) is 5.75 Å². The third-order valence-electron chi connectivity index (χ3n) is 3.71. The van der Waals surface area contributed by atoms with Gasteiger partial charge in [0.2, 0.25) is 0 Å². The lowest BCUT2D eigenvalue weighted by molar-refractivity contribution is 0.0790. The first kappa shape index (κ1) is 15.0. The van der Waals surface area contributed by atoms with Crippen LogP contribution in [0.15, 0.2) is 48.8 Å². The quantitative estimate of drug-likeness (QED) is 0.724.